The third-order valence-corrected chi connectivity index (χ3v) is 10.3. The first-order valence-corrected chi connectivity index (χ1v) is 22.7. The molecule has 0 aromatic heterocycles. The van der Waals surface area contributed by atoms with Gasteiger partial charge in [-0.3, -0.25) is 14.2 Å². The van der Waals surface area contributed by atoms with Crippen molar-refractivity contribution in [3.8, 4) is 0 Å². The van der Waals surface area contributed by atoms with Crippen LogP contribution in [0.4, 0.5) is 0 Å². The molecule has 0 N–H and O–H groups in total. The molecule has 0 aliphatic rings. The molecular formula is C41H82NO8P. The number of hydrogen-bond acceptors (Lipinski definition) is 8. The first-order chi connectivity index (χ1) is 24.5. The second kappa shape index (κ2) is 34.8. The Labute approximate surface area is 314 Å². The summed E-state index contributed by atoms with van der Waals surface area (Å²) in [5.74, 6) is -0.824. The summed E-state index contributed by atoms with van der Waals surface area (Å²) in [5, 5.41) is 0. The molecule has 51 heavy (non-hydrogen) atoms. The first-order valence-electron chi connectivity index (χ1n) is 21.2. The number of phosphoric acid groups is 1. The van der Waals surface area contributed by atoms with Gasteiger partial charge in [0.05, 0.1) is 27.7 Å². The summed E-state index contributed by atoms with van der Waals surface area (Å²) in [6.45, 7) is 4.23. The standard InChI is InChI=1S/C41H82NO8P/c1-6-8-10-12-14-16-18-19-20-21-22-23-24-26-27-29-31-33-40(43)47-37-39(38-49-51(45,46)48-36-35-42(3,4)5)50-41(44)34-32-30-28-25-17-15-13-11-9-7-2/h39H,6-38H2,1-5H3/t39-/m0/s1. The summed E-state index contributed by atoms with van der Waals surface area (Å²) in [4.78, 5) is 37.4. The Kier molecular flexibility index (Phi) is 34.1. The van der Waals surface area contributed by atoms with Gasteiger partial charge < -0.3 is 27.9 Å². The number of phosphoric ester groups is 1. The van der Waals surface area contributed by atoms with E-state index in [0.717, 1.165) is 32.1 Å². The van der Waals surface area contributed by atoms with Gasteiger partial charge in [-0.1, -0.05) is 174 Å². The molecule has 0 aromatic carbocycles. The number of esters is 2. The van der Waals surface area contributed by atoms with E-state index in [1.54, 1.807) is 0 Å². The zero-order chi connectivity index (χ0) is 37.9. The number of likely N-dealkylation sites (N-methyl/N-ethyl adjacent to an activating group) is 1. The summed E-state index contributed by atoms with van der Waals surface area (Å²) in [7, 11) is 1.18. The van der Waals surface area contributed by atoms with E-state index in [2.05, 4.69) is 13.8 Å². The van der Waals surface area contributed by atoms with Crippen molar-refractivity contribution in [2.75, 3.05) is 47.5 Å². The fourth-order valence-electron chi connectivity index (χ4n) is 6.01. The predicted molar refractivity (Wildman–Crippen MR) is 208 cm³/mol. The molecule has 0 rings (SSSR count). The van der Waals surface area contributed by atoms with Crippen LogP contribution in [-0.2, 0) is 32.7 Å². The normalized spacial score (nSPS) is 13.6. The van der Waals surface area contributed by atoms with E-state index in [0.29, 0.717) is 17.4 Å². The smallest absolute Gasteiger partial charge is 0.306 e. The number of hydrogen-bond donors (Lipinski definition) is 0. The van der Waals surface area contributed by atoms with Crippen LogP contribution >= 0.6 is 7.82 Å². The predicted octanol–water partition coefficient (Wildman–Crippen LogP) is 11.0. The van der Waals surface area contributed by atoms with E-state index in [1.807, 2.05) is 21.1 Å². The van der Waals surface area contributed by atoms with Crippen molar-refractivity contribution in [3.63, 3.8) is 0 Å². The maximum Gasteiger partial charge on any atom is 0.306 e. The van der Waals surface area contributed by atoms with Gasteiger partial charge in [0.25, 0.3) is 7.82 Å². The zero-order valence-corrected chi connectivity index (χ0v) is 35.0. The lowest BCUT2D eigenvalue weighted by molar-refractivity contribution is -0.870. The Balaban J connectivity index is 4.27. The molecule has 0 fully saturated rings. The lowest BCUT2D eigenvalue weighted by Crippen LogP contribution is -2.37. The van der Waals surface area contributed by atoms with E-state index < -0.39 is 26.5 Å². The quantitative estimate of drug-likeness (QED) is 0.0264. The Morgan fingerprint density at radius 2 is 0.882 bits per heavy atom. The molecule has 0 bridgehead atoms. The van der Waals surface area contributed by atoms with Crippen LogP contribution in [0.1, 0.15) is 200 Å². The maximum atomic E-state index is 12.6. The number of unbranched alkanes of at least 4 members (excludes halogenated alkanes) is 25. The maximum absolute atomic E-state index is 12.6. The molecule has 2 atom stereocenters. The molecule has 0 saturated heterocycles. The van der Waals surface area contributed by atoms with Gasteiger partial charge in [0.1, 0.15) is 19.8 Å². The highest BCUT2D eigenvalue weighted by atomic mass is 31.2. The third kappa shape index (κ3) is 38.5. The van der Waals surface area contributed by atoms with E-state index >= 15 is 0 Å². The monoisotopic (exact) mass is 748 g/mol. The fourth-order valence-corrected chi connectivity index (χ4v) is 6.74. The Morgan fingerprint density at radius 1 is 0.529 bits per heavy atom. The van der Waals surface area contributed by atoms with Gasteiger partial charge in [-0.25, -0.2) is 0 Å². The van der Waals surface area contributed by atoms with Gasteiger partial charge in [-0.05, 0) is 12.8 Å². The molecule has 0 spiro atoms. The van der Waals surface area contributed by atoms with Gasteiger partial charge >= 0.3 is 11.9 Å². The van der Waals surface area contributed by atoms with E-state index in [1.165, 1.54) is 135 Å². The SMILES string of the molecule is CCCCCCCCCCCCCCCCCCCC(=O)OC[C@@H](COP(=O)([O-])OCC[N+](C)(C)C)OC(=O)CCCCCCCCCCCC. The van der Waals surface area contributed by atoms with E-state index in [9.17, 15) is 19.0 Å². The number of ether oxygens (including phenoxy) is 2. The molecule has 304 valence electrons. The van der Waals surface area contributed by atoms with Gasteiger partial charge in [-0.2, -0.15) is 0 Å². The number of carbonyl (C=O) groups excluding carboxylic acids is 2. The summed E-state index contributed by atoms with van der Waals surface area (Å²) in [5.41, 5.74) is 0. The fraction of sp³-hybridized carbons (Fsp3) is 0.951. The number of rotatable bonds is 39. The number of quaternary nitrogens is 1. The molecule has 1 unspecified atom stereocenters. The summed E-state index contributed by atoms with van der Waals surface area (Å²) >= 11 is 0. The molecule has 0 heterocycles. The van der Waals surface area contributed by atoms with Crippen LogP contribution in [0.5, 0.6) is 0 Å². The van der Waals surface area contributed by atoms with Gasteiger partial charge in [0.2, 0.25) is 0 Å². The highest BCUT2D eigenvalue weighted by molar-refractivity contribution is 7.45. The Morgan fingerprint density at radius 3 is 1.25 bits per heavy atom. The lowest BCUT2D eigenvalue weighted by Gasteiger charge is -2.28. The Hall–Kier alpha value is -0.990. The molecule has 10 heteroatoms. The van der Waals surface area contributed by atoms with E-state index in [-0.39, 0.29) is 32.0 Å². The minimum Gasteiger partial charge on any atom is -0.756 e. The minimum atomic E-state index is -4.61. The lowest BCUT2D eigenvalue weighted by atomic mass is 10.0. The van der Waals surface area contributed by atoms with Crippen molar-refractivity contribution in [2.24, 2.45) is 0 Å². The molecule has 0 aliphatic heterocycles. The van der Waals surface area contributed by atoms with Crippen molar-refractivity contribution < 1.29 is 42.1 Å². The highest BCUT2D eigenvalue weighted by Crippen LogP contribution is 2.38. The molecule has 0 saturated carbocycles. The van der Waals surface area contributed by atoms with Crippen LogP contribution in [0.15, 0.2) is 0 Å². The second-order valence-corrected chi connectivity index (χ2v) is 17.1. The summed E-state index contributed by atoms with van der Waals surface area (Å²) < 4.78 is 33.8. The van der Waals surface area contributed by atoms with Crippen LogP contribution in [0.25, 0.3) is 0 Å². The number of nitrogens with zero attached hydrogens (tertiary/aromatic N) is 1. The number of carbonyl (C=O) groups is 2. The highest BCUT2D eigenvalue weighted by Gasteiger charge is 2.21. The van der Waals surface area contributed by atoms with Crippen molar-refractivity contribution in [3.05, 3.63) is 0 Å². The average Bonchev–Trinajstić information content (AvgIpc) is 3.07. The minimum absolute atomic E-state index is 0.0260. The van der Waals surface area contributed by atoms with Crippen LogP contribution in [0.3, 0.4) is 0 Å². The van der Waals surface area contributed by atoms with Crippen LogP contribution in [0.2, 0.25) is 0 Å². The topological polar surface area (TPSA) is 111 Å². The van der Waals surface area contributed by atoms with E-state index in [4.69, 9.17) is 18.5 Å². The largest absolute Gasteiger partial charge is 0.756 e. The van der Waals surface area contributed by atoms with Crippen LogP contribution in [0, 0.1) is 0 Å². The van der Waals surface area contributed by atoms with Crippen LogP contribution in [-0.4, -0.2) is 70.0 Å². The molecule has 0 amide bonds. The second-order valence-electron chi connectivity index (χ2n) is 15.7. The Bertz CT molecular complexity index is 850. The van der Waals surface area contributed by atoms with Crippen molar-refractivity contribution in [1.82, 2.24) is 0 Å². The zero-order valence-electron chi connectivity index (χ0n) is 34.1. The third-order valence-electron chi connectivity index (χ3n) is 9.38. The molecule has 0 aliphatic carbocycles. The molecule has 9 nitrogen and oxygen atoms in total. The van der Waals surface area contributed by atoms with Gasteiger partial charge in [0, 0.05) is 12.8 Å². The summed E-state index contributed by atoms with van der Waals surface area (Å²) in [6, 6.07) is 0. The molecular weight excluding hydrogens is 665 g/mol. The average molecular weight is 748 g/mol. The van der Waals surface area contributed by atoms with Crippen LogP contribution < -0.4 is 4.89 Å². The van der Waals surface area contributed by atoms with Crippen molar-refractivity contribution >= 4 is 19.8 Å². The molecule has 0 aromatic rings. The van der Waals surface area contributed by atoms with Crippen molar-refractivity contribution in [2.45, 2.75) is 206 Å². The summed E-state index contributed by atoms with van der Waals surface area (Å²) in [6.07, 6.45) is 32.7. The first kappa shape index (κ1) is 50.0. The van der Waals surface area contributed by atoms with Gasteiger partial charge in [-0.15, -0.1) is 0 Å². The van der Waals surface area contributed by atoms with Gasteiger partial charge in [0.15, 0.2) is 6.10 Å². The molecule has 0 radical (unpaired) electrons. The van der Waals surface area contributed by atoms with Crippen molar-refractivity contribution in [1.29, 1.82) is 0 Å².